The number of methoxy groups -OCH3 is 1. The molecule has 0 radical (unpaired) electrons. The molecular weight excluding hydrogens is 246 g/mol. The number of rotatable bonds is 8. The van der Waals surface area contributed by atoms with Gasteiger partial charge in [-0.05, 0) is 18.6 Å². The topological polar surface area (TPSA) is 44.5 Å². The number of thiocarbonyl (C=S) groups is 1. The molecular formula is C14H21NO2S. The molecule has 1 rings (SSSR count). The maximum Gasteiger partial charge on any atom is 0.123 e. The number of hydrogen-bond donors (Lipinski definition) is 1. The minimum atomic E-state index is 0.352. The Balaban J connectivity index is 2.58. The average molecular weight is 267 g/mol. The molecule has 2 N–H and O–H groups in total. The monoisotopic (exact) mass is 267 g/mol. The van der Waals surface area contributed by atoms with Crippen LogP contribution in [0, 0.1) is 0 Å². The van der Waals surface area contributed by atoms with Crippen molar-refractivity contribution in [1.82, 2.24) is 0 Å². The van der Waals surface area contributed by atoms with E-state index in [0.29, 0.717) is 17.3 Å². The Kier molecular flexibility index (Phi) is 6.50. The van der Waals surface area contributed by atoms with E-state index in [1.807, 2.05) is 18.2 Å². The summed E-state index contributed by atoms with van der Waals surface area (Å²) in [5, 5.41) is 0. The summed E-state index contributed by atoms with van der Waals surface area (Å²) in [4.78, 5) is 0.352. The minimum Gasteiger partial charge on any atom is -0.497 e. The van der Waals surface area contributed by atoms with Gasteiger partial charge in [0.15, 0.2) is 0 Å². The average Bonchev–Trinajstić information content (AvgIpc) is 2.38. The van der Waals surface area contributed by atoms with Crippen LogP contribution in [0.25, 0.3) is 0 Å². The molecule has 0 heterocycles. The molecule has 0 aliphatic heterocycles. The van der Waals surface area contributed by atoms with Gasteiger partial charge in [0.05, 0.1) is 13.7 Å². The zero-order chi connectivity index (χ0) is 13.4. The predicted octanol–water partition coefficient (Wildman–Crippen LogP) is 3.29. The third-order valence-electron chi connectivity index (χ3n) is 2.67. The van der Waals surface area contributed by atoms with Crippen molar-refractivity contribution in [3.63, 3.8) is 0 Å². The quantitative estimate of drug-likeness (QED) is 0.580. The van der Waals surface area contributed by atoms with Crippen molar-refractivity contribution in [2.45, 2.75) is 32.6 Å². The molecule has 0 saturated heterocycles. The van der Waals surface area contributed by atoms with E-state index in [0.717, 1.165) is 17.7 Å². The zero-order valence-electron chi connectivity index (χ0n) is 11.1. The third kappa shape index (κ3) is 4.92. The lowest BCUT2D eigenvalue weighted by molar-refractivity contribution is 0.302. The summed E-state index contributed by atoms with van der Waals surface area (Å²) < 4.78 is 10.9. The van der Waals surface area contributed by atoms with Gasteiger partial charge in [-0.3, -0.25) is 0 Å². The van der Waals surface area contributed by atoms with Gasteiger partial charge in [0.2, 0.25) is 0 Å². The largest absolute Gasteiger partial charge is 0.497 e. The normalized spacial score (nSPS) is 10.1. The summed E-state index contributed by atoms with van der Waals surface area (Å²) in [6, 6.07) is 5.51. The fourth-order valence-electron chi connectivity index (χ4n) is 1.63. The molecule has 0 aromatic heterocycles. The van der Waals surface area contributed by atoms with E-state index in [1.54, 1.807) is 7.11 Å². The third-order valence-corrected chi connectivity index (χ3v) is 2.90. The van der Waals surface area contributed by atoms with E-state index in [2.05, 4.69) is 6.92 Å². The van der Waals surface area contributed by atoms with Gasteiger partial charge in [-0.1, -0.05) is 38.4 Å². The molecule has 1 aromatic rings. The molecule has 0 saturated carbocycles. The van der Waals surface area contributed by atoms with E-state index >= 15 is 0 Å². The predicted molar refractivity (Wildman–Crippen MR) is 78.5 cm³/mol. The maximum absolute atomic E-state index is 5.69. The Morgan fingerprint density at radius 3 is 2.50 bits per heavy atom. The summed E-state index contributed by atoms with van der Waals surface area (Å²) in [6.45, 7) is 2.90. The van der Waals surface area contributed by atoms with Gasteiger partial charge >= 0.3 is 0 Å². The Morgan fingerprint density at radius 1 is 1.17 bits per heavy atom. The fourth-order valence-corrected chi connectivity index (χ4v) is 1.75. The minimum absolute atomic E-state index is 0.352. The standard InChI is InChI=1S/C14H21NO2S/c1-3-4-5-6-7-17-13-9-11(14(15)18)8-12(10-13)16-2/h8-10H,3-7H2,1-2H3,(H2,15,18). The molecule has 100 valence electrons. The molecule has 0 fully saturated rings. The summed E-state index contributed by atoms with van der Waals surface area (Å²) in [7, 11) is 1.61. The molecule has 0 amide bonds. The van der Waals surface area contributed by atoms with Crippen LogP contribution in [0.4, 0.5) is 0 Å². The lowest BCUT2D eigenvalue weighted by Gasteiger charge is -2.10. The first-order chi connectivity index (χ1) is 8.67. The summed E-state index contributed by atoms with van der Waals surface area (Å²) in [5.41, 5.74) is 6.39. The Hall–Kier alpha value is -1.29. The summed E-state index contributed by atoms with van der Waals surface area (Å²) >= 11 is 4.97. The van der Waals surface area contributed by atoms with Gasteiger partial charge in [-0.15, -0.1) is 0 Å². The van der Waals surface area contributed by atoms with Crippen LogP contribution in [0.2, 0.25) is 0 Å². The van der Waals surface area contributed by atoms with E-state index in [4.69, 9.17) is 27.4 Å². The van der Waals surface area contributed by atoms with Crippen LogP contribution in [-0.2, 0) is 0 Å². The smallest absolute Gasteiger partial charge is 0.123 e. The van der Waals surface area contributed by atoms with Crippen LogP contribution in [0.1, 0.15) is 38.2 Å². The lowest BCUT2D eigenvalue weighted by atomic mass is 10.2. The first-order valence-corrected chi connectivity index (χ1v) is 6.70. The van der Waals surface area contributed by atoms with Gasteiger partial charge in [-0.25, -0.2) is 0 Å². The van der Waals surface area contributed by atoms with Crippen molar-refractivity contribution in [1.29, 1.82) is 0 Å². The van der Waals surface area contributed by atoms with E-state index in [9.17, 15) is 0 Å². The number of hydrogen-bond acceptors (Lipinski definition) is 3. The van der Waals surface area contributed by atoms with Crippen LogP contribution >= 0.6 is 12.2 Å². The molecule has 0 aliphatic carbocycles. The number of unbranched alkanes of at least 4 members (excludes halogenated alkanes) is 3. The van der Waals surface area contributed by atoms with E-state index in [1.165, 1.54) is 19.3 Å². The molecule has 0 spiro atoms. The Bertz CT molecular complexity index is 393. The lowest BCUT2D eigenvalue weighted by Crippen LogP contribution is -2.10. The Morgan fingerprint density at radius 2 is 1.89 bits per heavy atom. The Labute approximate surface area is 114 Å². The summed E-state index contributed by atoms with van der Waals surface area (Å²) in [5.74, 6) is 1.47. The van der Waals surface area contributed by atoms with Gasteiger partial charge in [0.25, 0.3) is 0 Å². The molecule has 3 nitrogen and oxygen atoms in total. The second kappa shape index (κ2) is 7.93. The van der Waals surface area contributed by atoms with E-state index in [-0.39, 0.29) is 0 Å². The number of ether oxygens (including phenoxy) is 2. The van der Waals surface area contributed by atoms with Gasteiger partial charge in [-0.2, -0.15) is 0 Å². The highest BCUT2D eigenvalue weighted by Gasteiger charge is 2.04. The highest BCUT2D eigenvalue weighted by molar-refractivity contribution is 7.80. The van der Waals surface area contributed by atoms with Crippen molar-refractivity contribution < 1.29 is 9.47 Å². The molecule has 0 aliphatic rings. The van der Waals surface area contributed by atoms with Gasteiger partial charge in [0, 0.05) is 11.6 Å². The van der Waals surface area contributed by atoms with Crippen LogP contribution in [0.15, 0.2) is 18.2 Å². The van der Waals surface area contributed by atoms with Crippen LogP contribution in [0.3, 0.4) is 0 Å². The second-order valence-corrected chi connectivity index (χ2v) is 4.61. The SMILES string of the molecule is CCCCCCOc1cc(OC)cc(C(N)=S)c1. The first-order valence-electron chi connectivity index (χ1n) is 6.29. The van der Waals surface area contributed by atoms with Crippen molar-refractivity contribution in [3.8, 4) is 11.5 Å². The van der Waals surface area contributed by atoms with Gasteiger partial charge < -0.3 is 15.2 Å². The highest BCUT2D eigenvalue weighted by Crippen LogP contribution is 2.23. The first kappa shape index (κ1) is 14.8. The van der Waals surface area contributed by atoms with Crippen molar-refractivity contribution >= 4 is 17.2 Å². The van der Waals surface area contributed by atoms with Gasteiger partial charge in [0.1, 0.15) is 16.5 Å². The van der Waals surface area contributed by atoms with Crippen molar-refractivity contribution in [3.05, 3.63) is 23.8 Å². The zero-order valence-corrected chi connectivity index (χ0v) is 11.9. The van der Waals surface area contributed by atoms with Crippen LogP contribution < -0.4 is 15.2 Å². The second-order valence-electron chi connectivity index (χ2n) is 4.17. The van der Waals surface area contributed by atoms with Crippen molar-refractivity contribution in [2.75, 3.05) is 13.7 Å². The van der Waals surface area contributed by atoms with Crippen LogP contribution in [0.5, 0.6) is 11.5 Å². The number of benzene rings is 1. The number of nitrogens with two attached hydrogens (primary N) is 1. The molecule has 1 aromatic carbocycles. The van der Waals surface area contributed by atoms with Crippen LogP contribution in [-0.4, -0.2) is 18.7 Å². The molecule has 0 bridgehead atoms. The molecule has 18 heavy (non-hydrogen) atoms. The summed E-state index contributed by atoms with van der Waals surface area (Å²) in [6.07, 6.45) is 4.74. The van der Waals surface area contributed by atoms with E-state index < -0.39 is 0 Å². The molecule has 0 unspecified atom stereocenters. The maximum atomic E-state index is 5.69. The fraction of sp³-hybridized carbons (Fsp3) is 0.500. The van der Waals surface area contributed by atoms with Crippen molar-refractivity contribution in [2.24, 2.45) is 5.73 Å². The highest BCUT2D eigenvalue weighted by atomic mass is 32.1. The molecule has 0 atom stereocenters. The molecule has 4 heteroatoms.